The van der Waals surface area contributed by atoms with Gasteiger partial charge in [-0.05, 0) is 129 Å². The Hall–Kier alpha value is -1.39. The molecule has 0 saturated heterocycles. The molecule has 222 valence electrons. The monoisotopic (exact) mass is 566 g/mol. The molecular weight excluding hydrogens is 512 g/mol. The maximum absolute atomic E-state index is 13.0. The van der Waals surface area contributed by atoms with Gasteiger partial charge in [0, 0.05) is 0 Å². The van der Waals surface area contributed by atoms with Crippen LogP contribution < -0.4 is 0 Å². The summed E-state index contributed by atoms with van der Waals surface area (Å²) in [4.78, 5) is 0.268. The molecule has 0 heterocycles. The van der Waals surface area contributed by atoms with Gasteiger partial charge in [0.2, 0.25) is 0 Å². The molecule has 0 aromatic heterocycles. The van der Waals surface area contributed by atoms with Crippen molar-refractivity contribution >= 4 is 10.1 Å². The van der Waals surface area contributed by atoms with Crippen molar-refractivity contribution in [3.63, 3.8) is 0 Å². The van der Waals surface area contributed by atoms with Gasteiger partial charge in [0.15, 0.2) is 0 Å². The van der Waals surface area contributed by atoms with Gasteiger partial charge in [0.25, 0.3) is 10.1 Å². The summed E-state index contributed by atoms with van der Waals surface area (Å²) in [6.45, 7) is 16.6. The van der Waals surface area contributed by atoms with Gasteiger partial charge in [0.1, 0.15) is 0 Å². The molecule has 3 nitrogen and oxygen atoms in total. The smallest absolute Gasteiger partial charge is 0.263 e. The fraction of sp³-hybridized carbons (Fsp3) is 0.722. The standard InChI is InChI=1S/C36H54O3S/c1-8-27(24(2)3)12-11-26(5)32-17-18-33-31-16-13-28-23-29(39-40(37,38)30-14-9-25(4)10-15-30)19-21-35(28,6)34(31)20-22-36(32,33)7/h9-15,24,26-27,29,31-34H,8,16-23H2,1-7H3/b12-11+/t26-,27+,29-,31+,32-,33+,34+,35-,36+/m0/s1. The summed E-state index contributed by atoms with van der Waals surface area (Å²) >= 11 is 0. The molecule has 9 atom stereocenters. The zero-order valence-electron chi connectivity index (χ0n) is 26.2. The van der Waals surface area contributed by atoms with Crippen LogP contribution in [0.15, 0.2) is 53.0 Å². The van der Waals surface area contributed by atoms with Crippen molar-refractivity contribution in [2.24, 2.45) is 52.3 Å². The van der Waals surface area contributed by atoms with Gasteiger partial charge in [-0.15, -0.1) is 0 Å². The van der Waals surface area contributed by atoms with Crippen molar-refractivity contribution in [3.8, 4) is 0 Å². The third-order valence-corrected chi connectivity index (χ3v) is 13.7. The van der Waals surface area contributed by atoms with E-state index in [2.05, 4.69) is 59.8 Å². The van der Waals surface area contributed by atoms with Crippen LogP contribution >= 0.6 is 0 Å². The highest BCUT2D eigenvalue weighted by Gasteiger charge is 2.59. The predicted molar refractivity (Wildman–Crippen MR) is 165 cm³/mol. The Kier molecular flexibility index (Phi) is 8.54. The summed E-state index contributed by atoms with van der Waals surface area (Å²) in [5, 5.41) is 0. The molecule has 4 aliphatic rings. The molecule has 0 radical (unpaired) electrons. The average molecular weight is 567 g/mol. The quantitative estimate of drug-likeness (QED) is 0.232. The van der Waals surface area contributed by atoms with E-state index in [4.69, 9.17) is 4.18 Å². The van der Waals surface area contributed by atoms with Crippen molar-refractivity contribution in [1.82, 2.24) is 0 Å². The fourth-order valence-electron chi connectivity index (χ4n) is 9.84. The Morgan fingerprint density at radius 2 is 1.70 bits per heavy atom. The first-order valence-electron chi connectivity index (χ1n) is 16.3. The van der Waals surface area contributed by atoms with E-state index in [9.17, 15) is 8.42 Å². The van der Waals surface area contributed by atoms with Crippen LogP contribution in [0.5, 0.6) is 0 Å². The third kappa shape index (κ3) is 5.41. The first-order valence-corrected chi connectivity index (χ1v) is 17.7. The second-order valence-corrected chi connectivity index (χ2v) is 16.3. The minimum Gasteiger partial charge on any atom is -0.263 e. The molecule has 4 aliphatic carbocycles. The minimum atomic E-state index is -3.74. The molecule has 3 fully saturated rings. The van der Waals surface area contributed by atoms with Gasteiger partial charge in [0.05, 0.1) is 11.0 Å². The van der Waals surface area contributed by atoms with E-state index >= 15 is 0 Å². The highest BCUT2D eigenvalue weighted by molar-refractivity contribution is 7.86. The van der Waals surface area contributed by atoms with Gasteiger partial charge in [-0.25, -0.2) is 0 Å². The van der Waals surface area contributed by atoms with Crippen molar-refractivity contribution in [3.05, 3.63) is 53.6 Å². The topological polar surface area (TPSA) is 43.4 Å². The number of hydrogen-bond donors (Lipinski definition) is 0. The largest absolute Gasteiger partial charge is 0.297 e. The van der Waals surface area contributed by atoms with Crippen molar-refractivity contribution < 1.29 is 12.6 Å². The van der Waals surface area contributed by atoms with E-state index in [0.717, 1.165) is 54.9 Å². The molecule has 3 saturated carbocycles. The van der Waals surface area contributed by atoms with Crippen LogP contribution in [0.2, 0.25) is 0 Å². The molecular formula is C36H54O3S. The first kappa shape index (κ1) is 30.1. The molecule has 1 aromatic rings. The van der Waals surface area contributed by atoms with E-state index < -0.39 is 10.1 Å². The van der Waals surface area contributed by atoms with Gasteiger partial charge in [-0.1, -0.05) is 83.0 Å². The van der Waals surface area contributed by atoms with Crippen molar-refractivity contribution in [2.75, 3.05) is 0 Å². The Morgan fingerprint density at radius 3 is 2.38 bits per heavy atom. The van der Waals surface area contributed by atoms with E-state index in [1.54, 1.807) is 12.1 Å². The lowest BCUT2D eigenvalue weighted by Gasteiger charge is -2.58. The summed E-state index contributed by atoms with van der Waals surface area (Å²) in [6.07, 6.45) is 17.8. The number of hydrogen-bond acceptors (Lipinski definition) is 3. The van der Waals surface area contributed by atoms with Gasteiger partial charge >= 0.3 is 0 Å². The third-order valence-electron chi connectivity index (χ3n) is 12.3. The van der Waals surface area contributed by atoms with Crippen LogP contribution in [0.3, 0.4) is 0 Å². The molecule has 0 unspecified atom stereocenters. The lowest BCUT2D eigenvalue weighted by Crippen LogP contribution is -2.51. The lowest BCUT2D eigenvalue weighted by atomic mass is 9.47. The first-order chi connectivity index (χ1) is 18.9. The van der Waals surface area contributed by atoms with Crippen LogP contribution in [0, 0.1) is 59.2 Å². The van der Waals surface area contributed by atoms with Crippen molar-refractivity contribution in [2.45, 2.75) is 117 Å². The number of rotatable bonds is 8. The van der Waals surface area contributed by atoms with E-state index in [0.29, 0.717) is 23.2 Å². The van der Waals surface area contributed by atoms with Crippen LogP contribution in [0.25, 0.3) is 0 Å². The van der Waals surface area contributed by atoms with Crippen LogP contribution in [0.4, 0.5) is 0 Å². The number of allylic oxidation sites excluding steroid dienone is 3. The Morgan fingerprint density at radius 1 is 0.975 bits per heavy atom. The highest BCUT2D eigenvalue weighted by Crippen LogP contribution is 2.67. The number of aryl methyl sites for hydroxylation is 1. The van der Waals surface area contributed by atoms with Gasteiger partial charge < -0.3 is 0 Å². The molecule has 1 aromatic carbocycles. The Labute approximate surface area is 245 Å². The number of benzene rings is 1. The average Bonchev–Trinajstić information content (AvgIpc) is 3.26. The molecule has 40 heavy (non-hydrogen) atoms. The highest BCUT2D eigenvalue weighted by atomic mass is 32.2. The van der Waals surface area contributed by atoms with Crippen molar-refractivity contribution in [1.29, 1.82) is 0 Å². The van der Waals surface area contributed by atoms with Gasteiger partial charge in [-0.2, -0.15) is 8.42 Å². The molecule has 0 bridgehead atoms. The predicted octanol–water partition coefficient (Wildman–Crippen LogP) is 9.52. The molecule has 4 heteroatoms. The van der Waals surface area contributed by atoms with E-state index in [1.165, 1.54) is 37.7 Å². The fourth-order valence-corrected chi connectivity index (χ4v) is 10.9. The number of fused-ring (bicyclic) bond motifs is 5. The second-order valence-electron chi connectivity index (χ2n) is 14.8. The molecule has 0 amide bonds. The molecule has 0 aliphatic heterocycles. The minimum absolute atomic E-state index is 0.187. The molecule has 5 rings (SSSR count). The maximum atomic E-state index is 13.0. The summed E-state index contributed by atoms with van der Waals surface area (Å²) in [5.41, 5.74) is 3.15. The normalized spacial score (nSPS) is 37.5. The summed E-state index contributed by atoms with van der Waals surface area (Å²) < 4.78 is 31.9. The Balaban J connectivity index is 1.28. The zero-order valence-corrected chi connectivity index (χ0v) is 27.0. The lowest BCUT2D eigenvalue weighted by molar-refractivity contribution is -0.0523. The molecule has 0 spiro atoms. The van der Waals surface area contributed by atoms with Crippen LogP contribution in [0.1, 0.15) is 105 Å². The summed E-state index contributed by atoms with van der Waals surface area (Å²) in [6, 6.07) is 7.01. The zero-order chi connectivity index (χ0) is 28.9. The second kappa shape index (κ2) is 11.4. The van der Waals surface area contributed by atoms with Crippen LogP contribution in [-0.2, 0) is 14.3 Å². The van der Waals surface area contributed by atoms with Gasteiger partial charge in [-0.3, -0.25) is 4.18 Å². The Bertz CT molecular complexity index is 1210. The van der Waals surface area contributed by atoms with Crippen LogP contribution in [-0.4, -0.2) is 14.5 Å². The summed E-state index contributed by atoms with van der Waals surface area (Å²) in [5.74, 6) is 5.13. The van der Waals surface area contributed by atoms with E-state index in [1.807, 2.05) is 19.1 Å². The SMILES string of the molecule is CC[C@H](/C=C/[C@H](C)[C@@H]1CC[C@@H]2[C@H]3CC=C4C[C@@H](OS(=O)(=O)c5ccc(C)cc5)CC[C@]4(C)[C@@H]3CC[C@@]21C)C(C)C. The van der Waals surface area contributed by atoms with E-state index in [-0.39, 0.29) is 16.4 Å². The maximum Gasteiger partial charge on any atom is 0.297 e. The summed E-state index contributed by atoms with van der Waals surface area (Å²) in [7, 11) is -3.74. The molecule has 0 N–H and O–H groups in total.